The van der Waals surface area contributed by atoms with Crippen LogP contribution >= 0.6 is 0 Å². The summed E-state index contributed by atoms with van der Waals surface area (Å²) in [5.74, 6) is 0.849. The zero-order valence-electron chi connectivity index (χ0n) is 18.8. The maximum atomic E-state index is 12.6. The van der Waals surface area contributed by atoms with Crippen molar-refractivity contribution in [1.82, 2.24) is 9.80 Å². The first-order valence-electron chi connectivity index (χ1n) is 11.1. The maximum Gasteiger partial charge on any atom is 0.246 e. The van der Waals surface area contributed by atoms with Gasteiger partial charge in [-0.2, -0.15) is 5.26 Å². The summed E-state index contributed by atoms with van der Waals surface area (Å²) < 4.78 is 5.16. The summed E-state index contributed by atoms with van der Waals surface area (Å²) in [6.07, 6.45) is 3.50. The highest BCUT2D eigenvalue weighted by Crippen LogP contribution is 2.24. The van der Waals surface area contributed by atoms with E-state index in [2.05, 4.69) is 35.2 Å². The minimum atomic E-state index is 0.0472. The zero-order chi connectivity index (χ0) is 23.0. The lowest BCUT2D eigenvalue weighted by molar-refractivity contribution is -0.127. The summed E-state index contributed by atoms with van der Waals surface area (Å²) in [5.41, 5.74) is 4.90. The second-order valence-electron chi connectivity index (χ2n) is 8.06. The number of nitriles is 1. The van der Waals surface area contributed by atoms with Crippen LogP contribution in [0.5, 0.6) is 5.75 Å². The fourth-order valence-corrected chi connectivity index (χ4v) is 3.99. The molecule has 5 heteroatoms. The molecular formula is C28H27N3O2. The van der Waals surface area contributed by atoms with Gasteiger partial charge in [-0.3, -0.25) is 9.69 Å². The summed E-state index contributed by atoms with van der Waals surface area (Å²) >= 11 is 0. The molecule has 0 spiro atoms. The number of hydrogen-bond acceptors (Lipinski definition) is 4. The van der Waals surface area contributed by atoms with Crippen LogP contribution in [0, 0.1) is 11.3 Å². The molecule has 3 aromatic carbocycles. The highest BCUT2D eigenvalue weighted by molar-refractivity contribution is 5.91. The van der Waals surface area contributed by atoms with Crippen LogP contribution in [0.4, 0.5) is 0 Å². The number of piperazine rings is 1. The molecule has 1 amide bonds. The molecule has 0 bridgehead atoms. The molecule has 4 rings (SSSR count). The van der Waals surface area contributed by atoms with Crippen LogP contribution in [0.25, 0.3) is 17.2 Å². The first-order chi connectivity index (χ1) is 16.2. The minimum Gasteiger partial charge on any atom is -0.497 e. The Morgan fingerprint density at radius 1 is 0.970 bits per heavy atom. The Morgan fingerprint density at radius 2 is 1.67 bits per heavy atom. The van der Waals surface area contributed by atoms with Crippen LogP contribution < -0.4 is 4.74 Å². The van der Waals surface area contributed by atoms with Crippen LogP contribution in [0.1, 0.15) is 16.7 Å². The number of amides is 1. The number of rotatable bonds is 6. The summed E-state index contributed by atoms with van der Waals surface area (Å²) in [6.45, 7) is 3.99. The van der Waals surface area contributed by atoms with Crippen LogP contribution in [0.3, 0.4) is 0 Å². The Bertz CT molecular complexity index is 1150. The number of hydrogen-bond donors (Lipinski definition) is 0. The van der Waals surface area contributed by atoms with Crippen LogP contribution in [-0.4, -0.2) is 49.0 Å². The summed E-state index contributed by atoms with van der Waals surface area (Å²) in [7, 11) is 1.64. The molecule has 1 aliphatic rings. The van der Waals surface area contributed by atoms with Crippen molar-refractivity contribution >= 4 is 12.0 Å². The Labute approximate surface area is 195 Å². The quantitative estimate of drug-likeness (QED) is 0.529. The molecule has 0 aliphatic carbocycles. The third kappa shape index (κ3) is 5.68. The normalized spacial score (nSPS) is 14.2. The lowest BCUT2D eigenvalue weighted by atomic mass is 9.99. The Kier molecular flexibility index (Phi) is 7.19. The second-order valence-corrected chi connectivity index (χ2v) is 8.06. The number of nitrogens with zero attached hydrogens (tertiary/aromatic N) is 3. The molecule has 0 unspecified atom stereocenters. The zero-order valence-corrected chi connectivity index (χ0v) is 18.8. The molecule has 1 heterocycles. The smallest absolute Gasteiger partial charge is 0.246 e. The fraction of sp³-hybridized carbons (Fsp3) is 0.214. The first-order valence-corrected chi connectivity index (χ1v) is 11.1. The van der Waals surface area contributed by atoms with Gasteiger partial charge in [0.25, 0.3) is 0 Å². The fourth-order valence-electron chi connectivity index (χ4n) is 3.99. The van der Waals surface area contributed by atoms with Gasteiger partial charge in [-0.1, -0.05) is 54.6 Å². The van der Waals surface area contributed by atoms with Gasteiger partial charge in [0.2, 0.25) is 5.91 Å². The number of ether oxygens (including phenoxy) is 1. The van der Waals surface area contributed by atoms with Crippen LogP contribution in [-0.2, 0) is 11.3 Å². The van der Waals surface area contributed by atoms with E-state index in [1.165, 1.54) is 5.56 Å². The predicted molar refractivity (Wildman–Crippen MR) is 130 cm³/mol. The van der Waals surface area contributed by atoms with Crippen molar-refractivity contribution in [2.45, 2.75) is 6.54 Å². The van der Waals surface area contributed by atoms with Crippen molar-refractivity contribution in [3.05, 3.63) is 95.6 Å². The average Bonchev–Trinajstić information content (AvgIpc) is 2.88. The molecule has 0 atom stereocenters. The van der Waals surface area contributed by atoms with E-state index in [1.807, 2.05) is 59.5 Å². The van der Waals surface area contributed by atoms with E-state index in [0.29, 0.717) is 5.56 Å². The highest BCUT2D eigenvalue weighted by atomic mass is 16.5. The molecule has 0 N–H and O–H groups in total. The van der Waals surface area contributed by atoms with E-state index in [0.717, 1.165) is 55.2 Å². The van der Waals surface area contributed by atoms with E-state index in [1.54, 1.807) is 13.2 Å². The molecule has 33 heavy (non-hydrogen) atoms. The monoisotopic (exact) mass is 437 g/mol. The minimum absolute atomic E-state index is 0.0472. The highest BCUT2D eigenvalue weighted by Gasteiger charge is 2.19. The third-order valence-corrected chi connectivity index (χ3v) is 5.94. The van der Waals surface area contributed by atoms with E-state index < -0.39 is 0 Å². The summed E-state index contributed by atoms with van der Waals surface area (Å²) in [6, 6.07) is 26.0. The predicted octanol–water partition coefficient (Wildman–Crippen LogP) is 4.59. The van der Waals surface area contributed by atoms with Gasteiger partial charge in [0.1, 0.15) is 5.75 Å². The van der Waals surface area contributed by atoms with Crippen molar-refractivity contribution in [3.63, 3.8) is 0 Å². The number of methoxy groups -OCH3 is 1. The van der Waals surface area contributed by atoms with Crippen molar-refractivity contribution in [2.75, 3.05) is 33.3 Å². The third-order valence-electron chi connectivity index (χ3n) is 5.94. The summed E-state index contributed by atoms with van der Waals surface area (Å²) in [5, 5.41) is 9.33. The van der Waals surface area contributed by atoms with Gasteiger partial charge < -0.3 is 9.64 Å². The van der Waals surface area contributed by atoms with Gasteiger partial charge in [-0.25, -0.2) is 0 Å². The summed E-state index contributed by atoms with van der Waals surface area (Å²) in [4.78, 5) is 16.8. The molecule has 1 aliphatic heterocycles. The molecule has 1 fully saturated rings. The standard InChI is InChI=1S/C28H27N3O2/c1-33-26-13-8-22(9-14-26)10-15-28(32)31-18-16-30(17-19-31)21-23-6-11-24(12-7-23)27-5-3-2-4-25(27)20-29/h2-15H,16-19,21H2,1H3/b15-10+. The number of carbonyl (C=O) groups excluding carboxylic acids is 1. The van der Waals surface area contributed by atoms with Gasteiger partial charge in [-0.05, 0) is 46.5 Å². The lowest BCUT2D eigenvalue weighted by Gasteiger charge is -2.34. The van der Waals surface area contributed by atoms with Crippen molar-refractivity contribution in [1.29, 1.82) is 5.26 Å². The molecular weight excluding hydrogens is 410 g/mol. The number of carbonyl (C=O) groups is 1. The molecule has 166 valence electrons. The molecule has 0 aromatic heterocycles. The SMILES string of the molecule is COc1ccc(/C=C/C(=O)N2CCN(Cc3ccc(-c4ccccc4C#N)cc3)CC2)cc1. The molecule has 1 saturated heterocycles. The molecule has 0 saturated carbocycles. The van der Waals surface area contributed by atoms with Gasteiger partial charge in [0, 0.05) is 38.8 Å². The molecule has 3 aromatic rings. The molecule has 5 nitrogen and oxygen atoms in total. The molecule has 0 radical (unpaired) electrons. The lowest BCUT2D eigenvalue weighted by Crippen LogP contribution is -2.47. The van der Waals surface area contributed by atoms with Gasteiger partial charge >= 0.3 is 0 Å². The van der Waals surface area contributed by atoms with Crippen molar-refractivity contribution in [3.8, 4) is 22.9 Å². The van der Waals surface area contributed by atoms with E-state index in [9.17, 15) is 10.1 Å². The van der Waals surface area contributed by atoms with Crippen molar-refractivity contribution in [2.24, 2.45) is 0 Å². The van der Waals surface area contributed by atoms with E-state index >= 15 is 0 Å². The largest absolute Gasteiger partial charge is 0.497 e. The topological polar surface area (TPSA) is 56.6 Å². The van der Waals surface area contributed by atoms with Crippen molar-refractivity contribution < 1.29 is 9.53 Å². The number of benzene rings is 3. The van der Waals surface area contributed by atoms with Crippen LogP contribution in [0.2, 0.25) is 0 Å². The Balaban J connectivity index is 1.29. The van der Waals surface area contributed by atoms with Gasteiger partial charge in [-0.15, -0.1) is 0 Å². The van der Waals surface area contributed by atoms with Gasteiger partial charge in [0.05, 0.1) is 18.7 Å². The first kappa shape index (κ1) is 22.3. The maximum absolute atomic E-state index is 12.6. The Morgan fingerprint density at radius 3 is 2.33 bits per heavy atom. The van der Waals surface area contributed by atoms with E-state index in [4.69, 9.17) is 4.74 Å². The van der Waals surface area contributed by atoms with E-state index in [-0.39, 0.29) is 5.91 Å². The van der Waals surface area contributed by atoms with Gasteiger partial charge in [0.15, 0.2) is 0 Å². The Hall–Kier alpha value is -3.88. The second kappa shape index (κ2) is 10.6. The average molecular weight is 438 g/mol. The van der Waals surface area contributed by atoms with Crippen LogP contribution in [0.15, 0.2) is 78.9 Å².